The third kappa shape index (κ3) is 13.0. The molecule has 0 bridgehead atoms. The summed E-state index contributed by atoms with van der Waals surface area (Å²) in [5.41, 5.74) is 0. The second kappa shape index (κ2) is 17.0. The van der Waals surface area contributed by atoms with E-state index >= 15 is 0 Å². The number of hydrogen-bond donors (Lipinski definition) is 0. The van der Waals surface area contributed by atoms with Crippen LogP contribution in [-0.4, -0.2) is 39.5 Å². The molecular formula is C22H39N3O4. The summed E-state index contributed by atoms with van der Waals surface area (Å²) in [5, 5.41) is 3.82. The van der Waals surface area contributed by atoms with E-state index in [9.17, 15) is 9.59 Å². The highest BCUT2D eigenvalue weighted by atomic mass is 16.6. The van der Waals surface area contributed by atoms with Crippen LogP contribution >= 0.6 is 0 Å². The molecule has 0 radical (unpaired) electrons. The number of unbranched alkanes of at least 4 members (excludes halogenated alkanes) is 8. The van der Waals surface area contributed by atoms with Crippen LogP contribution in [0.25, 0.3) is 0 Å². The summed E-state index contributed by atoms with van der Waals surface area (Å²) < 4.78 is 12.0. The van der Waals surface area contributed by atoms with Crippen molar-refractivity contribution >= 4 is 12.1 Å². The topological polar surface area (TPSA) is 83.3 Å². The van der Waals surface area contributed by atoms with Gasteiger partial charge in [-0.1, -0.05) is 58.8 Å². The molecule has 0 N–H and O–H groups in total. The number of nitrogens with zero attached hydrogens (tertiary/aromatic N) is 3. The Morgan fingerprint density at radius 3 is 2.21 bits per heavy atom. The summed E-state index contributed by atoms with van der Waals surface area (Å²) in [7, 11) is 0. The van der Waals surface area contributed by atoms with Crippen LogP contribution in [0.2, 0.25) is 0 Å². The SMILES string of the molecule is CCCCCCCOC(=O)CCCCC(CCCCCC)OC(=O)n1cncn1. The maximum Gasteiger partial charge on any atom is 0.436 e. The van der Waals surface area contributed by atoms with Gasteiger partial charge in [0.2, 0.25) is 0 Å². The molecule has 0 amide bonds. The fourth-order valence-electron chi connectivity index (χ4n) is 3.17. The van der Waals surface area contributed by atoms with Gasteiger partial charge in [0.25, 0.3) is 0 Å². The predicted molar refractivity (Wildman–Crippen MR) is 113 cm³/mol. The quantitative estimate of drug-likeness (QED) is 0.243. The first kappa shape index (κ1) is 25.1. The van der Waals surface area contributed by atoms with Crippen LogP contribution in [0.4, 0.5) is 4.79 Å². The van der Waals surface area contributed by atoms with Gasteiger partial charge in [-0.25, -0.2) is 9.78 Å². The normalized spacial score (nSPS) is 11.9. The summed E-state index contributed by atoms with van der Waals surface area (Å²) in [4.78, 5) is 27.7. The zero-order chi connectivity index (χ0) is 21.2. The number of hydrogen-bond acceptors (Lipinski definition) is 6. The lowest BCUT2D eigenvalue weighted by molar-refractivity contribution is -0.143. The number of carbonyl (C=O) groups excluding carboxylic acids is 2. The highest BCUT2D eigenvalue weighted by Gasteiger charge is 2.16. The van der Waals surface area contributed by atoms with E-state index in [1.165, 1.54) is 44.8 Å². The lowest BCUT2D eigenvalue weighted by Crippen LogP contribution is -2.23. The van der Waals surface area contributed by atoms with Gasteiger partial charge in [0.15, 0.2) is 0 Å². The van der Waals surface area contributed by atoms with Gasteiger partial charge in [-0.2, -0.15) is 4.68 Å². The second-order valence-corrected chi connectivity index (χ2v) is 7.58. The van der Waals surface area contributed by atoms with Crippen molar-refractivity contribution < 1.29 is 19.1 Å². The van der Waals surface area contributed by atoms with Gasteiger partial charge in [0.05, 0.1) is 6.61 Å². The Morgan fingerprint density at radius 1 is 0.897 bits per heavy atom. The van der Waals surface area contributed by atoms with Crippen molar-refractivity contribution in [2.75, 3.05) is 6.61 Å². The van der Waals surface area contributed by atoms with Crippen molar-refractivity contribution in [1.29, 1.82) is 0 Å². The number of rotatable bonds is 17. The lowest BCUT2D eigenvalue weighted by atomic mass is 10.0. The molecule has 0 saturated carbocycles. The van der Waals surface area contributed by atoms with Crippen LogP contribution in [0.1, 0.15) is 104 Å². The molecule has 0 aliphatic heterocycles. The molecule has 1 rings (SSSR count). The predicted octanol–water partition coefficient (Wildman–Crippen LogP) is 5.68. The van der Waals surface area contributed by atoms with Crippen LogP contribution in [0.5, 0.6) is 0 Å². The molecular weight excluding hydrogens is 370 g/mol. The van der Waals surface area contributed by atoms with Gasteiger partial charge in [-0.3, -0.25) is 4.79 Å². The van der Waals surface area contributed by atoms with Crippen molar-refractivity contribution in [2.45, 2.75) is 110 Å². The maximum absolute atomic E-state index is 12.1. The molecule has 7 heteroatoms. The molecule has 29 heavy (non-hydrogen) atoms. The first-order chi connectivity index (χ1) is 14.2. The Bertz CT molecular complexity index is 534. The van der Waals surface area contributed by atoms with E-state index in [0.29, 0.717) is 13.0 Å². The monoisotopic (exact) mass is 409 g/mol. The van der Waals surface area contributed by atoms with E-state index in [-0.39, 0.29) is 12.1 Å². The Kier molecular flexibility index (Phi) is 14.7. The Balaban J connectivity index is 2.22. The van der Waals surface area contributed by atoms with Crippen molar-refractivity contribution in [3.05, 3.63) is 12.7 Å². The largest absolute Gasteiger partial charge is 0.466 e. The maximum atomic E-state index is 12.1. The van der Waals surface area contributed by atoms with Gasteiger partial charge in [-0.05, 0) is 38.5 Å². The van der Waals surface area contributed by atoms with Gasteiger partial charge in [-0.15, -0.1) is 5.10 Å². The van der Waals surface area contributed by atoms with E-state index in [0.717, 1.165) is 56.0 Å². The summed E-state index contributed by atoms with van der Waals surface area (Å²) in [6.07, 6.45) is 15.9. The minimum Gasteiger partial charge on any atom is -0.466 e. The van der Waals surface area contributed by atoms with Crippen LogP contribution in [0.15, 0.2) is 12.7 Å². The average molecular weight is 410 g/mol. The second-order valence-electron chi connectivity index (χ2n) is 7.58. The molecule has 1 unspecified atom stereocenters. The van der Waals surface area contributed by atoms with Crippen LogP contribution in [-0.2, 0) is 14.3 Å². The molecule has 0 aliphatic carbocycles. The standard InChI is InChI=1S/C22H39N3O4/c1-3-5-7-9-13-17-28-21(26)16-12-11-15-20(14-10-8-6-4-2)29-22(27)25-19-23-18-24-25/h18-20H,3-17H2,1-2H3. The molecule has 1 atom stereocenters. The summed E-state index contributed by atoms with van der Waals surface area (Å²) in [6, 6.07) is 0. The molecule has 0 fully saturated rings. The third-order valence-electron chi connectivity index (χ3n) is 4.92. The molecule has 1 aromatic heterocycles. The highest BCUT2D eigenvalue weighted by molar-refractivity contribution is 5.69. The van der Waals surface area contributed by atoms with E-state index in [2.05, 4.69) is 23.9 Å². The molecule has 0 saturated heterocycles. The third-order valence-corrected chi connectivity index (χ3v) is 4.92. The lowest BCUT2D eigenvalue weighted by Gasteiger charge is -2.17. The summed E-state index contributed by atoms with van der Waals surface area (Å²) >= 11 is 0. The van der Waals surface area contributed by atoms with Crippen LogP contribution < -0.4 is 0 Å². The molecule has 0 aliphatic rings. The Labute approximate surface area is 175 Å². The zero-order valence-electron chi connectivity index (χ0n) is 18.3. The molecule has 166 valence electrons. The summed E-state index contributed by atoms with van der Waals surface area (Å²) in [5.74, 6) is -0.125. The number of ether oxygens (including phenoxy) is 2. The van der Waals surface area contributed by atoms with Gasteiger partial charge in [0.1, 0.15) is 18.8 Å². The zero-order valence-corrected chi connectivity index (χ0v) is 18.3. The number of esters is 1. The molecule has 1 heterocycles. The van der Waals surface area contributed by atoms with E-state index in [1.54, 1.807) is 0 Å². The minimum absolute atomic E-state index is 0.125. The smallest absolute Gasteiger partial charge is 0.436 e. The van der Waals surface area contributed by atoms with Gasteiger partial charge < -0.3 is 9.47 Å². The van der Waals surface area contributed by atoms with Crippen molar-refractivity contribution in [3.63, 3.8) is 0 Å². The fourth-order valence-corrected chi connectivity index (χ4v) is 3.17. The molecule has 0 spiro atoms. The Hall–Kier alpha value is -1.92. The van der Waals surface area contributed by atoms with E-state index < -0.39 is 6.09 Å². The van der Waals surface area contributed by atoms with Crippen LogP contribution in [0.3, 0.4) is 0 Å². The van der Waals surface area contributed by atoms with Crippen molar-refractivity contribution in [1.82, 2.24) is 14.8 Å². The Morgan fingerprint density at radius 2 is 1.55 bits per heavy atom. The molecule has 0 aromatic carbocycles. The minimum atomic E-state index is -0.495. The van der Waals surface area contributed by atoms with Crippen LogP contribution in [0, 0.1) is 0 Å². The molecule has 7 nitrogen and oxygen atoms in total. The highest BCUT2D eigenvalue weighted by Crippen LogP contribution is 2.16. The average Bonchev–Trinajstić information content (AvgIpc) is 3.26. The van der Waals surface area contributed by atoms with Gasteiger partial charge >= 0.3 is 12.1 Å². The van der Waals surface area contributed by atoms with Gasteiger partial charge in [0, 0.05) is 6.42 Å². The first-order valence-corrected chi connectivity index (χ1v) is 11.4. The summed E-state index contributed by atoms with van der Waals surface area (Å²) in [6.45, 7) is 4.88. The first-order valence-electron chi connectivity index (χ1n) is 11.4. The van der Waals surface area contributed by atoms with Crippen molar-refractivity contribution in [2.24, 2.45) is 0 Å². The number of aromatic nitrogens is 3. The fraction of sp³-hybridized carbons (Fsp3) is 0.818. The van der Waals surface area contributed by atoms with Crippen molar-refractivity contribution in [3.8, 4) is 0 Å². The number of carbonyl (C=O) groups is 2. The van der Waals surface area contributed by atoms with E-state index in [4.69, 9.17) is 9.47 Å². The molecule has 1 aromatic rings. The van der Waals surface area contributed by atoms with E-state index in [1.807, 2.05) is 0 Å².